The molecule has 0 aliphatic carbocycles. The van der Waals surface area contributed by atoms with Crippen molar-refractivity contribution in [2.24, 2.45) is 11.1 Å². The van der Waals surface area contributed by atoms with Gasteiger partial charge >= 0.3 is 0 Å². The SMILES string of the molecule is COc1cccc(CC2CCN(c3cc([N+](=O)[O-])ccc3S(N)(=O)=O)CC2)c1. The molecule has 1 aliphatic rings. The Morgan fingerprint density at radius 1 is 1.21 bits per heavy atom. The van der Waals surface area contributed by atoms with Crippen LogP contribution in [-0.2, 0) is 16.4 Å². The van der Waals surface area contributed by atoms with Gasteiger partial charge in [0.15, 0.2) is 0 Å². The van der Waals surface area contributed by atoms with E-state index in [-0.39, 0.29) is 10.6 Å². The van der Waals surface area contributed by atoms with E-state index in [1.807, 2.05) is 23.1 Å². The smallest absolute Gasteiger partial charge is 0.271 e. The normalized spacial score (nSPS) is 15.4. The molecule has 0 bridgehead atoms. The summed E-state index contributed by atoms with van der Waals surface area (Å²) in [4.78, 5) is 12.4. The highest BCUT2D eigenvalue weighted by molar-refractivity contribution is 7.89. The van der Waals surface area contributed by atoms with Crippen LogP contribution >= 0.6 is 0 Å². The predicted octanol–water partition coefficient (Wildman–Crippen LogP) is 2.71. The zero-order valence-corrected chi connectivity index (χ0v) is 16.4. The molecular weight excluding hydrogens is 382 g/mol. The number of benzene rings is 2. The summed E-state index contributed by atoms with van der Waals surface area (Å²) in [6.45, 7) is 1.22. The van der Waals surface area contributed by atoms with E-state index >= 15 is 0 Å². The Labute approximate surface area is 164 Å². The molecule has 1 fully saturated rings. The van der Waals surface area contributed by atoms with Crippen LogP contribution in [0.3, 0.4) is 0 Å². The predicted molar refractivity (Wildman–Crippen MR) is 106 cm³/mol. The number of nitro groups is 1. The Balaban J connectivity index is 1.75. The molecule has 8 nitrogen and oxygen atoms in total. The summed E-state index contributed by atoms with van der Waals surface area (Å²) < 4.78 is 29.1. The first-order valence-electron chi connectivity index (χ1n) is 8.97. The molecule has 1 heterocycles. The highest BCUT2D eigenvalue weighted by Crippen LogP contribution is 2.33. The Hall–Kier alpha value is -2.65. The number of methoxy groups -OCH3 is 1. The number of hydrogen-bond donors (Lipinski definition) is 1. The summed E-state index contributed by atoms with van der Waals surface area (Å²) in [6.07, 6.45) is 2.61. The van der Waals surface area contributed by atoms with Gasteiger partial charge in [-0.3, -0.25) is 10.1 Å². The van der Waals surface area contributed by atoms with Gasteiger partial charge in [0.05, 0.1) is 17.7 Å². The molecule has 0 unspecified atom stereocenters. The number of nitrogens with zero attached hydrogens (tertiary/aromatic N) is 2. The van der Waals surface area contributed by atoms with Crippen molar-refractivity contribution in [2.75, 3.05) is 25.1 Å². The third-order valence-corrected chi connectivity index (χ3v) is 6.03. The van der Waals surface area contributed by atoms with Crippen molar-refractivity contribution in [2.45, 2.75) is 24.2 Å². The molecule has 0 spiro atoms. The van der Waals surface area contributed by atoms with Crippen molar-refractivity contribution in [3.05, 3.63) is 58.1 Å². The van der Waals surface area contributed by atoms with Crippen LogP contribution in [0, 0.1) is 16.0 Å². The Bertz CT molecular complexity index is 969. The summed E-state index contributed by atoms with van der Waals surface area (Å²) in [5.74, 6) is 1.27. The van der Waals surface area contributed by atoms with Gasteiger partial charge in [-0.25, -0.2) is 13.6 Å². The highest BCUT2D eigenvalue weighted by atomic mass is 32.2. The fourth-order valence-corrected chi connectivity index (χ4v) is 4.36. The molecule has 0 radical (unpaired) electrons. The zero-order chi connectivity index (χ0) is 20.3. The van der Waals surface area contributed by atoms with E-state index in [9.17, 15) is 18.5 Å². The molecule has 0 amide bonds. The lowest BCUT2D eigenvalue weighted by molar-refractivity contribution is -0.384. The van der Waals surface area contributed by atoms with E-state index in [0.717, 1.165) is 25.0 Å². The molecule has 0 saturated carbocycles. The van der Waals surface area contributed by atoms with Gasteiger partial charge in [-0.1, -0.05) is 12.1 Å². The third-order valence-electron chi connectivity index (χ3n) is 5.07. The first kappa shape index (κ1) is 20.1. The molecular formula is C19H23N3O5S. The summed E-state index contributed by atoms with van der Waals surface area (Å²) in [5, 5.41) is 16.4. The van der Waals surface area contributed by atoms with Crippen molar-refractivity contribution in [1.29, 1.82) is 0 Å². The number of nitrogens with two attached hydrogens (primary N) is 1. The van der Waals surface area contributed by atoms with E-state index in [1.165, 1.54) is 23.8 Å². The van der Waals surface area contributed by atoms with E-state index < -0.39 is 14.9 Å². The van der Waals surface area contributed by atoms with E-state index in [0.29, 0.717) is 24.7 Å². The fourth-order valence-electron chi connectivity index (χ4n) is 3.62. The molecule has 2 N–H and O–H groups in total. The lowest BCUT2D eigenvalue weighted by Gasteiger charge is -2.34. The van der Waals surface area contributed by atoms with Crippen LogP contribution in [0.4, 0.5) is 11.4 Å². The molecule has 0 aromatic heterocycles. The standard InChI is InChI=1S/C19H23N3O5S/c1-27-17-4-2-3-15(12-17)11-14-7-9-21(10-8-14)18-13-16(22(23)24)5-6-19(18)28(20,25)26/h2-6,12-14H,7-11H2,1H3,(H2,20,25,26). The number of anilines is 1. The lowest BCUT2D eigenvalue weighted by Crippen LogP contribution is -2.35. The molecule has 9 heteroatoms. The Kier molecular flexibility index (Phi) is 5.85. The monoisotopic (exact) mass is 405 g/mol. The molecule has 150 valence electrons. The van der Waals surface area contributed by atoms with Crippen molar-refractivity contribution >= 4 is 21.4 Å². The van der Waals surface area contributed by atoms with Gasteiger partial charge in [0.1, 0.15) is 10.6 Å². The van der Waals surface area contributed by atoms with Gasteiger partial charge in [-0.15, -0.1) is 0 Å². The maximum Gasteiger partial charge on any atom is 0.271 e. The molecule has 2 aromatic rings. The number of primary sulfonamides is 1. The van der Waals surface area contributed by atoms with Crippen molar-refractivity contribution < 1.29 is 18.1 Å². The van der Waals surface area contributed by atoms with Crippen LogP contribution in [0.2, 0.25) is 0 Å². The van der Waals surface area contributed by atoms with Gasteiger partial charge in [-0.2, -0.15) is 0 Å². The number of sulfonamides is 1. The molecule has 1 saturated heterocycles. The van der Waals surface area contributed by atoms with Gasteiger partial charge in [-0.05, 0) is 48.9 Å². The molecule has 28 heavy (non-hydrogen) atoms. The highest BCUT2D eigenvalue weighted by Gasteiger charge is 2.26. The Morgan fingerprint density at radius 3 is 2.54 bits per heavy atom. The first-order valence-corrected chi connectivity index (χ1v) is 10.5. The maximum absolute atomic E-state index is 11.9. The van der Waals surface area contributed by atoms with Crippen LogP contribution in [0.1, 0.15) is 18.4 Å². The minimum absolute atomic E-state index is 0.0793. The van der Waals surface area contributed by atoms with E-state index in [2.05, 4.69) is 6.07 Å². The molecule has 0 atom stereocenters. The number of piperidine rings is 1. The minimum atomic E-state index is -3.97. The van der Waals surface area contributed by atoms with Gasteiger partial charge < -0.3 is 9.64 Å². The van der Waals surface area contributed by atoms with Crippen LogP contribution in [0.15, 0.2) is 47.4 Å². The van der Waals surface area contributed by atoms with Crippen LogP contribution < -0.4 is 14.8 Å². The van der Waals surface area contributed by atoms with Crippen molar-refractivity contribution in [3.63, 3.8) is 0 Å². The van der Waals surface area contributed by atoms with Crippen molar-refractivity contribution in [1.82, 2.24) is 0 Å². The Morgan fingerprint density at radius 2 is 1.93 bits per heavy atom. The number of non-ortho nitro benzene ring substituents is 1. The molecule has 2 aromatic carbocycles. The van der Waals surface area contributed by atoms with Crippen molar-refractivity contribution in [3.8, 4) is 5.75 Å². The average Bonchev–Trinajstić information content (AvgIpc) is 2.67. The van der Waals surface area contributed by atoms with Crippen LogP contribution in [0.25, 0.3) is 0 Å². The van der Waals surface area contributed by atoms with Gasteiger partial charge in [0.25, 0.3) is 5.69 Å². The lowest BCUT2D eigenvalue weighted by atomic mass is 9.90. The second-order valence-corrected chi connectivity index (χ2v) is 8.47. The number of nitro benzene ring substituents is 1. The van der Waals surface area contributed by atoms with E-state index in [1.54, 1.807) is 7.11 Å². The minimum Gasteiger partial charge on any atom is -0.497 e. The molecule has 3 rings (SSSR count). The summed E-state index contributed by atoms with van der Waals surface area (Å²) in [7, 11) is -2.33. The quantitative estimate of drug-likeness (QED) is 0.583. The topological polar surface area (TPSA) is 116 Å². The van der Waals surface area contributed by atoms with Crippen LogP contribution in [0.5, 0.6) is 5.75 Å². The summed E-state index contributed by atoms with van der Waals surface area (Å²) in [5.41, 5.74) is 1.34. The fraction of sp³-hybridized carbons (Fsp3) is 0.368. The number of ether oxygens (including phenoxy) is 1. The van der Waals surface area contributed by atoms with Crippen LogP contribution in [-0.4, -0.2) is 33.5 Å². The third kappa shape index (κ3) is 4.60. The number of rotatable bonds is 6. The van der Waals surface area contributed by atoms with Gasteiger partial charge in [0.2, 0.25) is 10.0 Å². The zero-order valence-electron chi connectivity index (χ0n) is 15.6. The summed E-state index contributed by atoms with van der Waals surface area (Å²) >= 11 is 0. The van der Waals surface area contributed by atoms with Gasteiger partial charge in [0, 0.05) is 25.2 Å². The second-order valence-electron chi connectivity index (χ2n) is 6.94. The first-order chi connectivity index (χ1) is 13.3. The second kappa shape index (κ2) is 8.15. The summed E-state index contributed by atoms with van der Waals surface area (Å²) in [6, 6.07) is 11.6. The maximum atomic E-state index is 11.9. The number of hydrogen-bond acceptors (Lipinski definition) is 6. The largest absolute Gasteiger partial charge is 0.497 e. The molecule has 1 aliphatic heterocycles. The average molecular weight is 405 g/mol. The van der Waals surface area contributed by atoms with E-state index in [4.69, 9.17) is 9.88 Å².